The van der Waals surface area contributed by atoms with Gasteiger partial charge in [-0.1, -0.05) is 24.4 Å². The highest BCUT2D eigenvalue weighted by Gasteiger charge is 2.37. The van der Waals surface area contributed by atoms with E-state index in [1.807, 2.05) is 0 Å². The topological polar surface area (TPSA) is 263 Å². The van der Waals surface area contributed by atoms with E-state index in [0.29, 0.717) is 15.8 Å². The first-order valence-corrected chi connectivity index (χ1v) is 12.9. The van der Waals surface area contributed by atoms with E-state index in [-0.39, 0.29) is 52.9 Å². The molecule has 0 spiro atoms. The molecule has 0 bridgehead atoms. The number of fused-ring (bicyclic) bond motifs is 1. The number of nitrogens with one attached hydrogen (secondary N) is 3. The van der Waals surface area contributed by atoms with Crippen molar-refractivity contribution >= 4 is 76.5 Å². The summed E-state index contributed by atoms with van der Waals surface area (Å²) in [5, 5.41) is 33.7. The third-order valence-corrected chi connectivity index (χ3v) is 6.81. The molecule has 3 aromatic rings. The number of H-pyrrole nitrogens is 2. The summed E-state index contributed by atoms with van der Waals surface area (Å²) in [6.45, 7) is -0.426. The number of nitrogens with zero attached hydrogens (tertiary/aromatic N) is 4. The van der Waals surface area contributed by atoms with Crippen LogP contribution in [-0.2, 0) is 18.9 Å². The van der Waals surface area contributed by atoms with E-state index in [1.54, 1.807) is 4.57 Å². The number of aliphatic hydroxyl groups excluding tert-OH is 3. The van der Waals surface area contributed by atoms with Crippen molar-refractivity contribution in [3.05, 3.63) is 15.6 Å². The lowest BCUT2D eigenvalue weighted by Crippen LogP contribution is -2.45. The Labute approximate surface area is 241 Å². The summed E-state index contributed by atoms with van der Waals surface area (Å²) in [6.07, 6.45) is -4.69. The fourth-order valence-electron chi connectivity index (χ4n) is 3.88. The number of aliphatic hydroxyl groups is 3. The van der Waals surface area contributed by atoms with Crippen molar-refractivity contribution in [2.24, 2.45) is 0 Å². The van der Waals surface area contributed by atoms with Gasteiger partial charge in [-0.2, -0.15) is 9.97 Å². The summed E-state index contributed by atoms with van der Waals surface area (Å²) in [4.78, 5) is 17.7. The van der Waals surface area contributed by atoms with Crippen LogP contribution in [0.4, 0.5) is 23.4 Å². The molecular weight excluding hydrogens is 588 g/mol. The predicted molar refractivity (Wildman–Crippen MR) is 151 cm³/mol. The maximum Gasteiger partial charge on any atom is 0.352 e. The van der Waals surface area contributed by atoms with Crippen molar-refractivity contribution in [3.8, 4) is 0 Å². The van der Waals surface area contributed by atoms with Crippen LogP contribution in [-0.4, -0.2) is 101 Å². The van der Waals surface area contributed by atoms with Gasteiger partial charge in [0.2, 0.25) is 11.9 Å². The summed E-state index contributed by atoms with van der Waals surface area (Å²) in [5.74, 6) is 0.0589. The van der Waals surface area contributed by atoms with E-state index in [1.165, 1.54) is 13.4 Å². The maximum absolute atomic E-state index is 10.5. The van der Waals surface area contributed by atoms with E-state index in [4.69, 9.17) is 72.8 Å². The van der Waals surface area contributed by atoms with Crippen molar-refractivity contribution < 1.29 is 34.3 Å². The predicted octanol–water partition coefficient (Wildman–Crippen LogP) is -0.539. The molecule has 17 nitrogen and oxygen atoms in total. The quantitative estimate of drug-likeness (QED) is 0.102. The van der Waals surface area contributed by atoms with E-state index in [2.05, 4.69) is 30.2 Å². The molecule has 20 heteroatoms. The smallest absolute Gasteiger partial charge is 0.352 e. The Balaban J connectivity index is 1.28. The second kappa shape index (κ2) is 12.5. The average molecular weight is 617 g/mol. The van der Waals surface area contributed by atoms with Gasteiger partial charge in [0.1, 0.15) is 58.2 Å². The second-order valence-corrected chi connectivity index (χ2v) is 9.80. The first kappa shape index (κ1) is 29.7. The lowest BCUT2D eigenvalue weighted by molar-refractivity contribution is -0.0875. The van der Waals surface area contributed by atoms with Crippen molar-refractivity contribution in [2.75, 3.05) is 42.8 Å². The zero-order valence-electron chi connectivity index (χ0n) is 20.9. The summed E-state index contributed by atoms with van der Waals surface area (Å²) >= 11 is 15.3. The molecule has 0 radical (unpaired) electrons. The summed E-state index contributed by atoms with van der Waals surface area (Å²) in [5.41, 5.74) is 18.1. The monoisotopic (exact) mass is 616 g/mol. The largest absolute Gasteiger partial charge is 0.454 e. The van der Waals surface area contributed by atoms with E-state index >= 15 is 0 Å². The van der Waals surface area contributed by atoms with Gasteiger partial charge in [-0.25, -0.2) is 4.98 Å². The highest BCUT2D eigenvalue weighted by molar-refractivity contribution is 7.79. The number of nitrogens with two attached hydrogens (primary N) is 3. The zero-order valence-corrected chi connectivity index (χ0v) is 23.3. The number of aromatic nitrogens is 6. The lowest BCUT2D eigenvalue weighted by atomic mass is 10.2. The van der Waals surface area contributed by atoms with Crippen LogP contribution in [0.5, 0.6) is 0 Å². The third-order valence-electron chi connectivity index (χ3n) is 5.96. The Bertz CT molecular complexity index is 1480. The van der Waals surface area contributed by atoms with Gasteiger partial charge >= 0.3 is 5.24 Å². The molecular formula is C20H28N10O7S3. The number of ether oxygens (including phenoxy) is 4. The fraction of sp³-hybridized carbons (Fsp3) is 0.500. The molecule has 6 atom stereocenters. The molecule has 218 valence electrons. The summed E-state index contributed by atoms with van der Waals surface area (Å²) in [7, 11) is 1.30. The molecule has 1 aliphatic heterocycles. The van der Waals surface area contributed by atoms with Crippen LogP contribution in [0.1, 0.15) is 12.6 Å². The molecule has 4 heterocycles. The van der Waals surface area contributed by atoms with Crippen molar-refractivity contribution in [2.45, 2.75) is 43.3 Å². The van der Waals surface area contributed by atoms with Gasteiger partial charge in [0.05, 0.1) is 12.4 Å². The van der Waals surface area contributed by atoms with Gasteiger partial charge in [-0.15, -0.1) is 0 Å². The van der Waals surface area contributed by atoms with Crippen LogP contribution in [0.25, 0.3) is 11.2 Å². The van der Waals surface area contributed by atoms with Crippen LogP contribution in [0, 0.1) is 9.28 Å². The summed E-state index contributed by atoms with van der Waals surface area (Å²) in [6, 6.07) is 0. The molecule has 0 aromatic carbocycles. The van der Waals surface area contributed by atoms with Crippen LogP contribution < -0.4 is 22.5 Å². The summed E-state index contributed by atoms with van der Waals surface area (Å²) < 4.78 is 24.0. The normalized spacial score (nSPS) is 21.1. The van der Waals surface area contributed by atoms with Crippen molar-refractivity contribution in [3.63, 3.8) is 0 Å². The number of nitrogen functional groups attached to an aromatic ring is 3. The number of rotatable bonds is 10. The van der Waals surface area contributed by atoms with Crippen LogP contribution in [0.15, 0.2) is 6.33 Å². The average Bonchev–Trinajstić information content (AvgIpc) is 3.48. The third kappa shape index (κ3) is 6.55. The maximum atomic E-state index is 10.5. The molecule has 1 saturated heterocycles. The SMILES string of the molecule is COC(COC(=S)OCC1OC(n2cnc3c(=S)[nH]c(N)nc32)CC1O)C(O)C(O)Nc1nc(N)[nH]c(=S)c1N. The van der Waals surface area contributed by atoms with Gasteiger partial charge in [0, 0.05) is 25.7 Å². The van der Waals surface area contributed by atoms with Gasteiger partial charge in [0.15, 0.2) is 17.7 Å². The van der Waals surface area contributed by atoms with Gasteiger partial charge in [-0.3, -0.25) is 4.57 Å². The molecule has 1 aliphatic rings. The molecule has 0 amide bonds. The number of methoxy groups -OCH3 is 1. The highest BCUT2D eigenvalue weighted by atomic mass is 32.1. The zero-order chi connectivity index (χ0) is 29.1. The number of hydrogen-bond donors (Lipinski definition) is 9. The Morgan fingerprint density at radius 1 is 1.20 bits per heavy atom. The molecule has 4 rings (SSSR count). The minimum absolute atomic E-state index is 0.0262. The second-order valence-electron chi connectivity index (χ2n) is 8.65. The Kier molecular flexibility index (Phi) is 9.30. The minimum atomic E-state index is -1.59. The standard InChI is InChI=1S/C20H28N10O7S3/c1-34-8(12(32)15(33)25-13-10(21)16(38)28-18(22)26-13)4-36-20(40)35-3-7-6(31)2-9(37-7)30-5-24-11-14(30)27-19(23)29-17(11)39/h5-9,12,15,31-33H,2-4,21H2,1H3,(H3,23,27,29,39)(H4,22,25,26,28,38). The van der Waals surface area contributed by atoms with Gasteiger partial charge < -0.3 is 66.8 Å². The van der Waals surface area contributed by atoms with Gasteiger partial charge in [-0.05, 0) is 0 Å². The Hall–Kier alpha value is -3.24. The highest BCUT2D eigenvalue weighted by Crippen LogP contribution is 2.31. The van der Waals surface area contributed by atoms with Crippen molar-refractivity contribution in [1.29, 1.82) is 0 Å². The van der Waals surface area contributed by atoms with Gasteiger partial charge in [0.25, 0.3) is 0 Å². The van der Waals surface area contributed by atoms with E-state index in [9.17, 15) is 15.3 Å². The van der Waals surface area contributed by atoms with E-state index < -0.39 is 36.9 Å². The van der Waals surface area contributed by atoms with E-state index in [0.717, 1.165) is 0 Å². The van der Waals surface area contributed by atoms with Crippen LogP contribution in [0.2, 0.25) is 0 Å². The Morgan fingerprint density at radius 3 is 2.62 bits per heavy atom. The van der Waals surface area contributed by atoms with Crippen molar-refractivity contribution in [1.82, 2.24) is 29.5 Å². The fourth-order valence-corrected chi connectivity index (χ4v) is 4.46. The molecule has 0 aliphatic carbocycles. The number of hydrogen-bond acceptors (Lipinski definition) is 17. The first-order valence-electron chi connectivity index (χ1n) is 11.6. The minimum Gasteiger partial charge on any atom is -0.454 e. The molecule has 6 unspecified atom stereocenters. The molecule has 0 saturated carbocycles. The number of thiocarbonyl (C=S) groups is 1. The van der Waals surface area contributed by atoms with Crippen LogP contribution in [0.3, 0.4) is 0 Å². The Morgan fingerprint density at radius 2 is 1.90 bits per heavy atom. The number of anilines is 4. The lowest BCUT2D eigenvalue weighted by Gasteiger charge is -2.27. The molecule has 1 fully saturated rings. The molecule has 3 aromatic heterocycles. The van der Waals surface area contributed by atoms with Crippen LogP contribution >= 0.6 is 36.7 Å². The first-order chi connectivity index (χ1) is 19.0. The molecule has 12 N–H and O–H groups in total. The number of aromatic amines is 2. The molecule has 40 heavy (non-hydrogen) atoms. The number of imidazole rings is 1.